The average molecular weight is 838 g/mol. The molecule has 5 aromatic rings. The van der Waals surface area contributed by atoms with E-state index in [1.807, 2.05) is 18.2 Å². The lowest BCUT2D eigenvalue weighted by Gasteiger charge is -2.26. The lowest BCUT2D eigenvalue weighted by molar-refractivity contribution is -0.141. The van der Waals surface area contributed by atoms with Crippen LogP contribution in [0, 0.1) is 0 Å². The molecule has 10 N–H and O–H groups in total. The Labute approximate surface area is 349 Å². The topological polar surface area (TPSA) is 289 Å². The largest absolute Gasteiger partial charge is 0.481 e. The number of carbonyl (C=O) groups is 7. The first-order chi connectivity index (χ1) is 29.4. The number of nitrogens with zero attached hydrogens (tertiary/aromatic N) is 1. The van der Waals surface area contributed by atoms with E-state index >= 15 is 0 Å². The molecule has 0 aliphatic rings. The number of carboxylic acid groups (broad SMARTS) is 1. The van der Waals surface area contributed by atoms with Gasteiger partial charge in [-0.3, -0.25) is 28.8 Å². The highest BCUT2D eigenvalue weighted by molar-refractivity contribution is 5.97. The fraction of sp³-hybridized carbons (Fsp3) is 0.286. The summed E-state index contributed by atoms with van der Waals surface area (Å²) in [5.74, 6) is -5.99. The van der Waals surface area contributed by atoms with Crippen LogP contribution in [0.1, 0.15) is 35.7 Å². The number of aromatic amines is 2. The van der Waals surface area contributed by atoms with E-state index in [0.717, 1.165) is 16.5 Å². The minimum absolute atomic E-state index is 0.00643. The van der Waals surface area contributed by atoms with Crippen LogP contribution in [0.4, 0.5) is 4.79 Å². The third-order valence-electron chi connectivity index (χ3n) is 9.36. The van der Waals surface area contributed by atoms with Crippen LogP contribution in [0.2, 0.25) is 0 Å². The van der Waals surface area contributed by atoms with Crippen LogP contribution in [0.5, 0.6) is 0 Å². The Kier molecular flexibility index (Phi) is 16.1. The van der Waals surface area contributed by atoms with E-state index in [2.05, 4.69) is 41.5 Å². The molecule has 61 heavy (non-hydrogen) atoms. The normalized spacial score (nSPS) is 13.4. The van der Waals surface area contributed by atoms with Gasteiger partial charge in [-0.05, 0) is 29.7 Å². The molecule has 0 bridgehead atoms. The molecule has 19 heteroatoms. The smallest absolute Gasteiger partial charge is 0.408 e. The molecular weight excluding hydrogens is 791 g/mol. The number of imidazole rings is 1. The SMILES string of the molecule is C[C@@H](NC(=O)[C@H](Cc1c[nH]c2ccccc12)NC(=O)[C@H](COCc1ccccc1)NC(=O)[C@H](CC(=O)O)NC(=O)[C@H](Cc1cnc[nH]1)NC(=O)OCc1ccccc1)C(N)=O. The van der Waals surface area contributed by atoms with Gasteiger partial charge in [-0.25, -0.2) is 9.78 Å². The highest BCUT2D eigenvalue weighted by atomic mass is 16.5. The number of carbonyl (C=O) groups excluding carboxylic acids is 6. The number of ether oxygens (including phenoxy) is 2. The molecule has 2 heterocycles. The number of rotatable bonds is 22. The Balaban J connectivity index is 1.35. The van der Waals surface area contributed by atoms with Gasteiger partial charge in [0.1, 0.15) is 36.8 Å². The van der Waals surface area contributed by atoms with Crippen molar-refractivity contribution in [2.24, 2.45) is 5.73 Å². The van der Waals surface area contributed by atoms with Gasteiger partial charge < -0.3 is 56.9 Å². The third kappa shape index (κ3) is 13.8. The molecule has 320 valence electrons. The number of benzene rings is 3. The fourth-order valence-electron chi connectivity index (χ4n) is 6.10. The highest BCUT2D eigenvalue weighted by Gasteiger charge is 2.34. The van der Waals surface area contributed by atoms with Crippen molar-refractivity contribution >= 4 is 52.5 Å². The minimum Gasteiger partial charge on any atom is -0.481 e. The van der Waals surface area contributed by atoms with Crippen molar-refractivity contribution in [2.45, 2.75) is 69.6 Å². The van der Waals surface area contributed by atoms with Crippen LogP contribution in [0.15, 0.2) is 104 Å². The Morgan fingerprint density at radius 2 is 1.26 bits per heavy atom. The first kappa shape index (κ1) is 44.6. The Bertz CT molecular complexity index is 2270. The van der Waals surface area contributed by atoms with Crippen molar-refractivity contribution in [1.29, 1.82) is 0 Å². The summed E-state index contributed by atoms with van der Waals surface area (Å²) in [6, 6.07) is 17.9. The zero-order chi connectivity index (χ0) is 43.7. The number of hydrogen-bond donors (Lipinski definition) is 9. The highest BCUT2D eigenvalue weighted by Crippen LogP contribution is 2.19. The molecular formula is C42H47N9O10. The summed E-state index contributed by atoms with van der Waals surface area (Å²) in [4.78, 5) is 102. The van der Waals surface area contributed by atoms with Gasteiger partial charge in [0.2, 0.25) is 29.5 Å². The van der Waals surface area contributed by atoms with Crippen molar-refractivity contribution in [3.63, 3.8) is 0 Å². The number of alkyl carbamates (subject to hydrolysis) is 1. The average Bonchev–Trinajstić information content (AvgIpc) is 3.92. The molecule has 3 aromatic carbocycles. The molecule has 0 fully saturated rings. The maximum absolute atomic E-state index is 14.1. The van der Waals surface area contributed by atoms with Crippen molar-refractivity contribution in [3.8, 4) is 0 Å². The second-order valence-electron chi connectivity index (χ2n) is 14.0. The molecule has 0 radical (unpaired) electrons. The van der Waals surface area contributed by atoms with Gasteiger partial charge in [0, 0.05) is 41.8 Å². The van der Waals surface area contributed by atoms with Crippen LogP contribution < -0.4 is 32.3 Å². The summed E-state index contributed by atoms with van der Waals surface area (Å²) < 4.78 is 11.1. The summed E-state index contributed by atoms with van der Waals surface area (Å²) in [5, 5.41) is 23.0. The van der Waals surface area contributed by atoms with Gasteiger partial charge in [-0.2, -0.15) is 0 Å². The monoisotopic (exact) mass is 837 g/mol. The number of hydrogen-bond acceptors (Lipinski definition) is 10. The molecule has 5 rings (SSSR count). The van der Waals surface area contributed by atoms with Gasteiger partial charge in [0.25, 0.3) is 0 Å². The summed E-state index contributed by atoms with van der Waals surface area (Å²) in [5.41, 5.74) is 8.66. The molecule has 19 nitrogen and oxygen atoms in total. The second kappa shape index (κ2) is 22.0. The lowest BCUT2D eigenvalue weighted by atomic mass is 10.0. The van der Waals surface area contributed by atoms with Crippen LogP contribution >= 0.6 is 0 Å². The molecule has 0 spiro atoms. The quantitative estimate of drug-likeness (QED) is 0.0476. The Hall–Kier alpha value is -7.54. The van der Waals surface area contributed by atoms with Gasteiger partial charge >= 0.3 is 12.1 Å². The third-order valence-corrected chi connectivity index (χ3v) is 9.36. The van der Waals surface area contributed by atoms with Gasteiger partial charge in [0.15, 0.2) is 0 Å². The van der Waals surface area contributed by atoms with Crippen molar-refractivity contribution < 1.29 is 48.1 Å². The van der Waals surface area contributed by atoms with E-state index in [1.165, 1.54) is 19.4 Å². The summed E-state index contributed by atoms with van der Waals surface area (Å²) >= 11 is 0. The fourth-order valence-corrected chi connectivity index (χ4v) is 6.10. The summed E-state index contributed by atoms with van der Waals surface area (Å²) in [7, 11) is 0. The number of aliphatic carboxylic acids is 1. The number of nitrogens with two attached hydrogens (primary N) is 1. The summed E-state index contributed by atoms with van der Waals surface area (Å²) in [6.07, 6.45) is 2.34. The molecule has 0 saturated heterocycles. The van der Waals surface area contributed by atoms with E-state index < -0.39 is 84.8 Å². The zero-order valence-corrected chi connectivity index (χ0v) is 33.1. The Morgan fingerprint density at radius 3 is 1.92 bits per heavy atom. The van der Waals surface area contributed by atoms with E-state index in [4.69, 9.17) is 15.2 Å². The molecule has 0 saturated carbocycles. The van der Waals surface area contributed by atoms with E-state index in [0.29, 0.717) is 16.8 Å². The number of aromatic nitrogens is 3. The number of para-hydroxylation sites is 1. The number of carboxylic acids is 1. The predicted molar refractivity (Wildman–Crippen MR) is 219 cm³/mol. The number of H-pyrrole nitrogens is 2. The van der Waals surface area contributed by atoms with Gasteiger partial charge in [-0.15, -0.1) is 0 Å². The first-order valence-corrected chi connectivity index (χ1v) is 19.2. The van der Waals surface area contributed by atoms with E-state index in [9.17, 15) is 38.7 Å². The molecule has 0 aliphatic heterocycles. The maximum Gasteiger partial charge on any atom is 0.408 e. The van der Waals surface area contributed by atoms with E-state index in [-0.39, 0.29) is 26.1 Å². The van der Waals surface area contributed by atoms with E-state index in [1.54, 1.807) is 72.9 Å². The number of nitrogens with one attached hydrogen (secondary N) is 7. The van der Waals surface area contributed by atoms with Crippen LogP contribution in [-0.2, 0) is 64.3 Å². The first-order valence-electron chi connectivity index (χ1n) is 19.2. The Morgan fingerprint density at radius 1 is 0.689 bits per heavy atom. The summed E-state index contributed by atoms with van der Waals surface area (Å²) in [6.45, 7) is 0.813. The van der Waals surface area contributed by atoms with Gasteiger partial charge in [-0.1, -0.05) is 78.9 Å². The van der Waals surface area contributed by atoms with Gasteiger partial charge in [0.05, 0.1) is 26.0 Å². The predicted octanol–water partition coefficient (Wildman–Crippen LogP) is 1.11. The molecule has 2 aromatic heterocycles. The van der Waals surface area contributed by atoms with Crippen molar-refractivity contribution in [1.82, 2.24) is 41.5 Å². The van der Waals surface area contributed by atoms with Crippen LogP contribution in [0.3, 0.4) is 0 Å². The molecule has 5 atom stereocenters. The lowest BCUT2D eigenvalue weighted by Crippen LogP contribution is -2.60. The zero-order valence-electron chi connectivity index (χ0n) is 33.1. The standard InChI is InChI=1S/C42H47N9O10/c1-25(37(43)54)47-38(55)32(16-28-19-45-31-15-9-8-14-30(28)31)48-41(58)35(23-60-21-26-10-4-2-5-11-26)50-40(57)34(18-36(52)53)49-39(56)33(17-29-20-44-24-46-29)51-42(59)61-22-27-12-6-3-7-13-27/h2-15,19-20,24-25,32-35,45H,16-18,21-23H2,1H3,(H2,43,54)(H,44,46)(H,47,55)(H,48,58)(H,49,56)(H,50,57)(H,51,59)(H,52,53)/t25-,32+,33+,34+,35+/m1/s1. The molecule has 0 unspecified atom stereocenters. The van der Waals surface area contributed by atoms with Crippen molar-refractivity contribution in [2.75, 3.05) is 6.61 Å². The number of amides is 6. The maximum atomic E-state index is 14.1. The second-order valence-corrected chi connectivity index (χ2v) is 14.0. The molecule has 6 amide bonds. The van der Waals surface area contributed by atoms with Crippen LogP contribution in [0.25, 0.3) is 10.9 Å². The van der Waals surface area contributed by atoms with Crippen LogP contribution in [-0.4, -0.2) is 98.5 Å². The number of primary amides is 1. The minimum atomic E-state index is -1.78. The number of fused-ring (bicyclic) bond motifs is 1. The van der Waals surface area contributed by atoms with Crippen molar-refractivity contribution in [3.05, 3.63) is 126 Å². The molecule has 0 aliphatic carbocycles.